The van der Waals surface area contributed by atoms with Crippen molar-refractivity contribution in [2.75, 3.05) is 0 Å². The monoisotopic (exact) mass is 340 g/mol. The van der Waals surface area contributed by atoms with Gasteiger partial charge in [0, 0.05) is 10.9 Å². The Labute approximate surface area is 125 Å². The van der Waals surface area contributed by atoms with Crippen LogP contribution in [0, 0.1) is 6.92 Å². The molecule has 5 heteroatoms. The Morgan fingerprint density at radius 1 is 1.58 bits per heavy atom. The highest BCUT2D eigenvalue weighted by atomic mass is 79.9. The summed E-state index contributed by atoms with van der Waals surface area (Å²) in [6, 6.07) is 2.81. The lowest BCUT2D eigenvalue weighted by Gasteiger charge is -2.26. The number of aryl methyl sites for hydroxylation is 2. The standard InChI is InChI=1S/C14H17BrN2OS/c1-8-7-16-14(18-8)9(2)17-11-4-3-5-12-10(11)6-13(15)19-12/h6-7,9,11,17H,3-5H2,1-2H3. The first-order valence-corrected chi connectivity index (χ1v) is 8.21. The zero-order chi connectivity index (χ0) is 13.4. The highest BCUT2D eigenvalue weighted by Gasteiger charge is 2.25. The third kappa shape index (κ3) is 2.78. The molecule has 0 aliphatic heterocycles. The van der Waals surface area contributed by atoms with Gasteiger partial charge >= 0.3 is 0 Å². The fraction of sp³-hybridized carbons (Fsp3) is 0.500. The van der Waals surface area contributed by atoms with Crippen LogP contribution in [0.4, 0.5) is 0 Å². The van der Waals surface area contributed by atoms with Gasteiger partial charge < -0.3 is 4.42 Å². The molecule has 2 heterocycles. The zero-order valence-corrected chi connectivity index (χ0v) is 13.5. The van der Waals surface area contributed by atoms with Crippen LogP contribution in [0.2, 0.25) is 0 Å². The molecule has 2 atom stereocenters. The van der Waals surface area contributed by atoms with E-state index in [2.05, 4.69) is 39.2 Å². The average molecular weight is 341 g/mol. The molecule has 2 unspecified atom stereocenters. The molecule has 0 saturated heterocycles. The van der Waals surface area contributed by atoms with Crippen LogP contribution in [-0.4, -0.2) is 4.98 Å². The fourth-order valence-electron chi connectivity index (χ4n) is 2.64. The highest BCUT2D eigenvalue weighted by molar-refractivity contribution is 9.11. The number of rotatable bonds is 3. The van der Waals surface area contributed by atoms with E-state index in [9.17, 15) is 0 Å². The van der Waals surface area contributed by atoms with Crippen molar-refractivity contribution in [2.45, 2.75) is 45.2 Å². The van der Waals surface area contributed by atoms with Crippen LogP contribution < -0.4 is 5.32 Å². The van der Waals surface area contributed by atoms with Crippen molar-refractivity contribution in [1.82, 2.24) is 10.3 Å². The Morgan fingerprint density at radius 3 is 3.16 bits per heavy atom. The summed E-state index contributed by atoms with van der Waals surface area (Å²) in [7, 11) is 0. The first kappa shape index (κ1) is 13.3. The minimum absolute atomic E-state index is 0.142. The Bertz CT molecular complexity index is 578. The third-order valence-corrected chi connectivity index (χ3v) is 5.26. The van der Waals surface area contributed by atoms with E-state index in [1.807, 2.05) is 18.3 Å². The van der Waals surface area contributed by atoms with Gasteiger partial charge in [-0.1, -0.05) is 0 Å². The molecule has 0 saturated carbocycles. The lowest BCUT2D eigenvalue weighted by Crippen LogP contribution is -2.27. The summed E-state index contributed by atoms with van der Waals surface area (Å²) in [6.07, 6.45) is 5.41. The first-order chi connectivity index (χ1) is 9.13. The number of oxazole rings is 1. The second kappa shape index (κ2) is 5.38. The van der Waals surface area contributed by atoms with Crippen LogP contribution in [0.3, 0.4) is 0 Å². The molecule has 0 aromatic carbocycles. The van der Waals surface area contributed by atoms with Gasteiger partial charge in [-0.15, -0.1) is 11.3 Å². The maximum atomic E-state index is 5.60. The molecular formula is C14H17BrN2OS. The fourth-order valence-corrected chi connectivity index (χ4v) is 4.46. The summed E-state index contributed by atoms with van der Waals surface area (Å²) < 4.78 is 6.83. The van der Waals surface area contributed by atoms with E-state index in [0.29, 0.717) is 6.04 Å². The van der Waals surface area contributed by atoms with E-state index in [0.717, 1.165) is 11.7 Å². The van der Waals surface area contributed by atoms with Gasteiger partial charge in [0.2, 0.25) is 5.89 Å². The van der Waals surface area contributed by atoms with Crippen molar-refractivity contribution in [3.05, 3.63) is 38.1 Å². The van der Waals surface area contributed by atoms with Crippen molar-refractivity contribution in [2.24, 2.45) is 0 Å². The van der Waals surface area contributed by atoms with Gasteiger partial charge in [0.1, 0.15) is 5.76 Å². The number of hydrogen-bond acceptors (Lipinski definition) is 4. The van der Waals surface area contributed by atoms with E-state index in [1.54, 1.807) is 6.20 Å². The summed E-state index contributed by atoms with van der Waals surface area (Å²) >= 11 is 5.45. The van der Waals surface area contributed by atoms with Crippen LogP contribution in [0.25, 0.3) is 0 Å². The Kier molecular flexibility index (Phi) is 3.78. The average Bonchev–Trinajstić information content (AvgIpc) is 2.95. The van der Waals surface area contributed by atoms with E-state index < -0.39 is 0 Å². The summed E-state index contributed by atoms with van der Waals surface area (Å²) in [5.41, 5.74) is 1.44. The summed E-state index contributed by atoms with van der Waals surface area (Å²) in [6.45, 7) is 4.04. The molecule has 102 valence electrons. The van der Waals surface area contributed by atoms with E-state index in [-0.39, 0.29) is 6.04 Å². The number of aromatic nitrogens is 1. The Balaban J connectivity index is 1.77. The molecule has 3 nitrogen and oxygen atoms in total. The lowest BCUT2D eigenvalue weighted by molar-refractivity contribution is 0.353. The maximum Gasteiger partial charge on any atom is 0.211 e. The predicted molar refractivity (Wildman–Crippen MR) is 80.5 cm³/mol. The van der Waals surface area contributed by atoms with Gasteiger partial charge in [-0.3, -0.25) is 5.32 Å². The molecule has 0 fully saturated rings. The predicted octanol–water partition coefficient (Wildman–Crippen LogP) is 4.54. The van der Waals surface area contributed by atoms with Crippen LogP contribution in [0.15, 0.2) is 20.5 Å². The lowest BCUT2D eigenvalue weighted by atomic mass is 9.93. The molecule has 0 bridgehead atoms. The highest BCUT2D eigenvalue weighted by Crippen LogP contribution is 2.38. The molecule has 3 rings (SSSR count). The number of nitrogens with one attached hydrogen (secondary N) is 1. The van der Waals surface area contributed by atoms with Gasteiger partial charge in [-0.25, -0.2) is 4.98 Å². The molecule has 0 amide bonds. The summed E-state index contributed by atoms with van der Waals surface area (Å²) in [5.74, 6) is 1.64. The van der Waals surface area contributed by atoms with Crippen LogP contribution in [0.5, 0.6) is 0 Å². The maximum absolute atomic E-state index is 5.60. The molecule has 1 aliphatic carbocycles. The Morgan fingerprint density at radius 2 is 2.42 bits per heavy atom. The second-order valence-electron chi connectivity index (χ2n) is 5.07. The minimum atomic E-state index is 0.142. The topological polar surface area (TPSA) is 38.1 Å². The largest absolute Gasteiger partial charge is 0.444 e. The van der Waals surface area contributed by atoms with Crippen molar-refractivity contribution in [3.8, 4) is 0 Å². The molecule has 2 aromatic rings. The SMILES string of the molecule is Cc1cnc(C(C)NC2CCCc3sc(Br)cc32)o1. The quantitative estimate of drug-likeness (QED) is 0.891. The Hall–Kier alpha value is -0.650. The summed E-state index contributed by atoms with van der Waals surface area (Å²) in [5, 5.41) is 3.65. The number of fused-ring (bicyclic) bond motifs is 1. The normalized spacial score (nSPS) is 20.3. The number of halogens is 1. The summed E-state index contributed by atoms with van der Waals surface area (Å²) in [4.78, 5) is 5.81. The van der Waals surface area contributed by atoms with Gasteiger partial charge in [-0.2, -0.15) is 0 Å². The first-order valence-electron chi connectivity index (χ1n) is 6.60. The molecule has 2 aromatic heterocycles. The molecule has 1 aliphatic rings. The van der Waals surface area contributed by atoms with Crippen molar-refractivity contribution in [3.63, 3.8) is 0 Å². The molecular weight excluding hydrogens is 324 g/mol. The molecule has 0 radical (unpaired) electrons. The van der Waals surface area contributed by atoms with Crippen LogP contribution in [0.1, 0.15) is 53.9 Å². The third-order valence-electron chi connectivity index (χ3n) is 3.54. The van der Waals surface area contributed by atoms with Crippen molar-refractivity contribution < 1.29 is 4.42 Å². The van der Waals surface area contributed by atoms with Crippen molar-refractivity contribution >= 4 is 27.3 Å². The van der Waals surface area contributed by atoms with E-state index in [4.69, 9.17) is 4.42 Å². The number of nitrogens with zero attached hydrogens (tertiary/aromatic N) is 1. The van der Waals surface area contributed by atoms with E-state index in [1.165, 1.54) is 33.5 Å². The van der Waals surface area contributed by atoms with Gasteiger partial charge in [0.25, 0.3) is 0 Å². The van der Waals surface area contributed by atoms with Crippen molar-refractivity contribution in [1.29, 1.82) is 0 Å². The molecule has 0 spiro atoms. The van der Waals surface area contributed by atoms with Gasteiger partial charge in [-0.05, 0) is 60.7 Å². The van der Waals surface area contributed by atoms with Gasteiger partial charge in [0.15, 0.2) is 0 Å². The minimum Gasteiger partial charge on any atom is -0.444 e. The number of hydrogen-bond donors (Lipinski definition) is 1. The van der Waals surface area contributed by atoms with Crippen LogP contribution >= 0.6 is 27.3 Å². The molecule has 19 heavy (non-hydrogen) atoms. The van der Waals surface area contributed by atoms with E-state index >= 15 is 0 Å². The second-order valence-corrected chi connectivity index (χ2v) is 7.59. The number of thiophene rings is 1. The molecule has 1 N–H and O–H groups in total. The van der Waals surface area contributed by atoms with Gasteiger partial charge in [0.05, 0.1) is 16.0 Å². The zero-order valence-electron chi connectivity index (χ0n) is 11.1. The smallest absolute Gasteiger partial charge is 0.211 e. The van der Waals surface area contributed by atoms with Crippen LogP contribution in [-0.2, 0) is 6.42 Å².